The normalized spacial score (nSPS) is 11.2. The number of halogens is 1. The van der Waals surface area contributed by atoms with E-state index in [1.165, 1.54) is 0 Å². The molecule has 0 fully saturated rings. The molecule has 1 heterocycles. The first-order valence-corrected chi connectivity index (χ1v) is 7.09. The van der Waals surface area contributed by atoms with E-state index in [4.69, 9.17) is 0 Å². The molecule has 19 heavy (non-hydrogen) atoms. The first-order valence-electron chi connectivity index (χ1n) is 6.30. The van der Waals surface area contributed by atoms with Gasteiger partial charge in [0.05, 0.1) is 11.1 Å². The lowest BCUT2D eigenvalue weighted by Crippen LogP contribution is -2.04. The highest BCUT2D eigenvalue weighted by molar-refractivity contribution is 9.10. The molecule has 0 unspecified atom stereocenters. The molecule has 100 valence electrons. The number of carbonyl (C=O) groups is 1. The minimum Gasteiger partial charge on any atom is -0.478 e. The van der Waals surface area contributed by atoms with Crippen LogP contribution in [0.4, 0.5) is 0 Å². The lowest BCUT2D eigenvalue weighted by molar-refractivity contribution is 0.0699. The Labute approximate surface area is 120 Å². The van der Waals surface area contributed by atoms with Gasteiger partial charge in [0.15, 0.2) is 0 Å². The Morgan fingerprint density at radius 3 is 2.58 bits per heavy atom. The van der Waals surface area contributed by atoms with E-state index in [9.17, 15) is 9.90 Å². The summed E-state index contributed by atoms with van der Waals surface area (Å²) in [6, 6.07) is 5.52. The number of aromatic nitrogens is 1. The predicted molar refractivity (Wildman–Crippen MR) is 79.9 cm³/mol. The van der Waals surface area contributed by atoms with Gasteiger partial charge in [-0.1, -0.05) is 36.7 Å². The summed E-state index contributed by atoms with van der Waals surface area (Å²) >= 11 is 3.43. The molecule has 0 aliphatic heterocycles. The smallest absolute Gasteiger partial charge is 0.336 e. The Bertz CT molecular complexity index is 650. The Morgan fingerprint density at radius 2 is 2.05 bits per heavy atom. The Hall–Kier alpha value is -1.42. The third-order valence-corrected chi connectivity index (χ3v) is 3.64. The average Bonchev–Trinajstić information content (AvgIpc) is 2.36. The summed E-state index contributed by atoms with van der Waals surface area (Å²) in [6.45, 7) is 6.08. The van der Waals surface area contributed by atoms with Crippen molar-refractivity contribution in [2.24, 2.45) is 0 Å². The van der Waals surface area contributed by atoms with Crippen LogP contribution in [0.1, 0.15) is 48.3 Å². The van der Waals surface area contributed by atoms with Crippen LogP contribution in [0.3, 0.4) is 0 Å². The van der Waals surface area contributed by atoms with Gasteiger partial charge in [0.25, 0.3) is 0 Å². The van der Waals surface area contributed by atoms with Crippen molar-refractivity contribution in [2.75, 3.05) is 0 Å². The van der Waals surface area contributed by atoms with Crippen LogP contribution in [0.15, 0.2) is 22.7 Å². The summed E-state index contributed by atoms with van der Waals surface area (Å²) in [5.74, 6) is -0.703. The van der Waals surface area contributed by atoms with Gasteiger partial charge in [0.2, 0.25) is 0 Å². The second-order valence-corrected chi connectivity index (χ2v) is 5.78. The molecule has 0 aliphatic rings. The molecule has 3 nitrogen and oxygen atoms in total. The van der Waals surface area contributed by atoms with Gasteiger partial charge in [-0.15, -0.1) is 0 Å². The maximum absolute atomic E-state index is 11.5. The van der Waals surface area contributed by atoms with Crippen molar-refractivity contribution in [3.8, 4) is 0 Å². The van der Waals surface area contributed by atoms with Crippen LogP contribution in [0.5, 0.6) is 0 Å². The van der Waals surface area contributed by atoms with Gasteiger partial charge >= 0.3 is 5.97 Å². The second kappa shape index (κ2) is 5.29. The summed E-state index contributed by atoms with van der Waals surface area (Å²) in [7, 11) is 0. The van der Waals surface area contributed by atoms with Crippen molar-refractivity contribution < 1.29 is 9.90 Å². The van der Waals surface area contributed by atoms with Crippen molar-refractivity contribution in [3.63, 3.8) is 0 Å². The molecular weight excluding hydrogens is 306 g/mol. The number of aromatic carboxylic acids is 1. The van der Waals surface area contributed by atoms with E-state index >= 15 is 0 Å². The van der Waals surface area contributed by atoms with E-state index in [0.29, 0.717) is 10.9 Å². The monoisotopic (exact) mass is 321 g/mol. The first kappa shape index (κ1) is 14.0. The summed E-state index contributed by atoms with van der Waals surface area (Å²) in [4.78, 5) is 16.1. The van der Waals surface area contributed by atoms with Crippen molar-refractivity contribution in [1.29, 1.82) is 0 Å². The molecule has 0 spiro atoms. The molecular formula is C15H16BrNO2. The summed E-state index contributed by atoms with van der Waals surface area (Å²) < 4.78 is 0.887. The maximum atomic E-state index is 11.5. The number of fused-ring (bicyclic) bond motifs is 1. The Morgan fingerprint density at radius 1 is 1.37 bits per heavy atom. The molecule has 4 heteroatoms. The lowest BCUT2D eigenvalue weighted by Gasteiger charge is -2.12. The van der Waals surface area contributed by atoms with Crippen molar-refractivity contribution in [2.45, 2.75) is 33.1 Å². The molecule has 0 atom stereocenters. The SMILES string of the molecule is CCc1cc(Br)cc2c(C(=O)O)cc(C(C)C)nc12. The molecule has 0 saturated carbocycles. The number of carboxylic acids is 1. The fraction of sp³-hybridized carbons (Fsp3) is 0.333. The third kappa shape index (κ3) is 2.63. The van der Waals surface area contributed by atoms with Crippen molar-refractivity contribution in [1.82, 2.24) is 4.98 Å². The molecule has 1 N–H and O–H groups in total. The number of nitrogens with zero attached hydrogens (tertiary/aromatic N) is 1. The summed E-state index contributed by atoms with van der Waals surface area (Å²) in [5.41, 5.74) is 3.01. The van der Waals surface area contributed by atoms with Crippen LogP contribution in [0, 0.1) is 0 Å². The molecule has 2 rings (SSSR count). The largest absolute Gasteiger partial charge is 0.478 e. The number of hydrogen-bond acceptors (Lipinski definition) is 2. The predicted octanol–water partition coefficient (Wildman–Crippen LogP) is 4.38. The molecule has 1 aromatic heterocycles. The molecule has 0 saturated heterocycles. The van der Waals surface area contributed by atoms with Crippen LogP contribution < -0.4 is 0 Å². The standard InChI is InChI=1S/C15H16BrNO2/c1-4-9-5-10(16)6-11-12(15(18)19)7-13(8(2)3)17-14(9)11/h5-8H,4H2,1-3H3,(H,18,19). The minimum atomic E-state index is -0.908. The highest BCUT2D eigenvalue weighted by Gasteiger charge is 2.16. The Balaban J connectivity index is 2.90. The van der Waals surface area contributed by atoms with Gasteiger partial charge in [-0.25, -0.2) is 4.79 Å². The third-order valence-electron chi connectivity index (χ3n) is 3.18. The number of aryl methyl sites for hydroxylation is 1. The summed E-state index contributed by atoms with van der Waals surface area (Å²) in [5, 5.41) is 10.1. The van der Waals surface area contributed by atoms with Crippen LogP contribution >= 0.6 is 15.9 Å². The maximum Gasteiger partial charge on any atom is 0.336 e. The highest BCUT2D eigenvalue weighted by Crippen LogP contribution is 2.28. The van der Waals surface area contributed by atoms with Crippen LogP contribution in [0.25, 0.3) is 10.9 Å². The minimum absolute atomic E-state index is 0.204. The molecule has 0 amide bonds. The van der Waals surface area contributed by atoms with Crippen molar-refractivity contribution >= 4 is 32.8 Å². The van der Waals surface area contributed by atoms with Crippen LogP contribution in [0.2, 0.25) is 0 Å². The highest BCUT2D eigenvalue weighted by atomic mass is 79.9. The number of rotatable bonds is 3. The van der Waals surface area contributed by atoms with E-state index in [0.717, 1.165) is 27.7 Å². The number of hydrogen-bond donors (Lipinski definition) is 1. The zero-order valence-corrected chi connectivity index (χ0v) is 12.8. The van der Waals surface area contributed by atoms with Gasteiger partial charge in [0.1, 0.15) is 0 Å². The molecule has 2 aromatic rings. The Kier molecular flexibility index (Phi) is 3.90. The van der Waals surface area contributed by atoms with E-state index in [2.05, 4.69) is 20.9 Å². The molecule has 1 aromatic carbocycles. The van der Waals surface area contributed by atoms with Gasteiger partial charge in [0, 0.05) is 15.6 Å². The van der Waals surface area contributed by atoms with Crippen LogP contribution in [-0.4, -0.2) is 16.1 Å². The fourth-order valence-corrected chi connectivity index (χ4v) is 2.63. The number of benzene rings is 1. The lowest BCUT2D eigenvalue weighted by atomic mass is 9.99. The molecule has 0 radical (unpaired) electrons. The number of pyridine rings is 1. The first-order chi connectivity index (χ1) is 8.93. The van der Waals surface area contributed by atoms with Gasteiger partial charge in [-0.2, -0.15) is 0 Å². The fourth-order valence-electron chi connectivity index (χ4n) is 2.12. The number of carboxylic acid groups (broad SMARTS) is 1. The second-order valence-electron chi connectivity index (χ2n) is 4.87. The molecule has 0 aliphatic carbocycles. The van der Waals surface area contributed by atoms with Crippen LogP contribution in [-0.2, 0) is 6.42 Å². The van der Waals surface area contributed by atoms with E-state index < -0.39 is 5.97 Å². The zero-order valence-electron chi connectivity index (χ0n) is 11.2. The van der Waals surface area contributed by atoms with E-state index in [1.807, 2.05) is 32.9 Å². The van der Waals surface area contributed by atoms with Crippen molar-refractivity contribution in [3.05, 3.63) is 39.5 Å². The van der Waals surface area contributed by atoms with Gasteiger partial charge < -0.3 is 5.11 Å². The quantitative estimate of drug-likeness (QED) is 0.912. The average molecular weight is 322 g/mol. The zero-order chi connectivity index (χ0) is 14.2. The van der Waals surface area contributed by atoms with E-state index in [-0.39, 0.29) is 5.92 Å². The van der Waals surface area contributed by atoms with E-state index in [1.54, 1.807) is 6.07 Å². The van der Waals surface area contributed by atoms with Gasteiger partial charge in [-0.05, 0) is 36.1 Å². The molecule has 0 bridgehead atoms. The topological polar surface area (TPSA) is 50.2 Å². The summed E-state index contributed by atoms with van der Waals surface area (Å²) in [6.07, 6.45) is 0.823. The van der Waals surface area contributed by atoms with Gasteiger partial charge in [-0.3, -0.25) is 4.98 Å².